The zero-order valence-electron chi connectivity index (χ0n) is 13.9. The van der Waals surface area contributed by atoms with Crippen LogP contribution in [0.3, 0.4) is 0 Å². The average Bonchev–Trinajstić information content (AvgIpc) is 3.16. The molecule has 2 aliphatic rings. The molecule has 0 saturated heterocycles. The van der Waals surface area contributed by atoms with Crippen LogP contribution in [-0.4, -0.2) is 17.5 Å². The monoisotopic (exact) mass is 329 g/mol. The number of allylic oxidation sites excluding steroid dienone is 2. The van der Waals surface area contributed by atoms with Crippen molar-refractivity contribution in [2.75, 3.05) is 6.61 Å². The molecule has 128 valence electrons. The maximum absolute atomic E-state index is 11.5. The van der Waals surface area contributed by atoms with E-state index in [4.69, 9.17) is 4.74 Å². The van der Waals surface area contributed by atoms with Crippen LogP contribution in [0.5, 0.6) is 0 Å². The van der Waals surface area contributed by atoms with E-state index in [1.54, 1.807) is 12.1 Å². The Hall–Kier alpha value is -2.17. The van der Waals surface area contributed by atoms with Gasteiger partial charge in [-0.1, -0.05) is 24.3 Å². The average molecular weight is 329 g/mol. The number of nitrogens with zero attached hydrogens (tertiary/aromatic N) is 1. The maximum Gasteiger partial charge on any atom is 0.305 e. The van der Waals surface area contributed by atoms with E-state index in [1.165, 1.54) is 5.56 Å². The highest BCUT2D eigenvalue weighted by Gasteiger charge is 2.44. The Morgan fingerprint density at radius 3 is 2.62 bits per heavy atom. The third kappa shape index (κ3) is 3.35. The van der Waals surface area contributed by atoms with Gasteiger partial charge in [0.25, 0.3) is 5.69 Å². The summed E-state index contributed by atoms with van der Waals surface area (Å²) in [6.07, 6.45) is 8.06. The summed E-state index contributed by atoms with van der Waals surface area (Å²) in [4.78, 5) is 22.0. The molecule has 1 fully saturated rings. The fraction of sp³-hybridized carbons (Fsp3) is 0.526. The third-order valence-corrected chi connectivity index (χ3v) is 5.33. The van der Waals surface area contributed by atoms with Crippen molar-refractivity contribution in [2.45, 2.75) is 38.5 Å². The van der Waals surface area contributed by atoms with Crippen molar-refractivity contribution in [3.8, 4) is 0 Å². The van der Waals surface area contributed by atoms with E-state index in [1.807, 2.05) is 19.1 Å². The molecular formula is C19H23NO4. The van der Waals surface area contributed by atoms with Gasteiger partial charge in [-0.15, -0.1) is 0 Å². The van der Waals surface area contributed by atoms with Gasteiger partial charge < -0.3 is 4.74 Å². The van der Waals surface area contributed by atoms with Crippen LogP contribution in [0, 0.1) is 27.9 Å². The summed E-state index contributed by atoms with van der Waals surface area (Å²) in [6, 6.07) is 6.99. The van der Waals surface area contributed by atoms with Crippen molar-refractivity contribution in [2.24, 2.45) is 17.8 Å². The summed E-state index contributed by atoms with van der Waals surface area (Å²) in [6.45, 7) is 2.25. The van der Waals surface area contributed by atoms with E-state index in [0.29, 0.717) is 36.7 Å². The standard InChI is InChI=1S/C19H23NO4/c1-2-24-18(21)5-3-4-17-14-6-7-15(12-14)19(17)13-8-10-16(11-9-13)20(22)23/h6-11,14-15,17,19H,2-5,12H2,1H3. The van der Waals surface area contributed by atoms with Crippen molar-refractivity contribution < 1.29 is 14.5 Å². The van der Waals surface area contributed by atoms with Gasteiger partial charge in [0, 0.05) is 18.6 Å². The minimum atomic E-state index is -0.360. The number of rotatable bonds is 7. The molecule has 3 rings (SSSR count). The SMILES string of the molecule is CCOC(=O)CCCC1C2C=CC(C2)C1c1ccc([N+](=O)[O-])cc1. The van der Waals surface area contributed by atoms with Crippen LogP contribution in [0.2, 0.25) is 0 Å². The summed E-state index contributed by atoms with van der Waals surface area (Å²) < 4.78 is 5.00. The Morgan fingerprint density at radius 2 is 1.96 bits per heavy atom. The molecule has 2 aliphatic carbocycles. The predicted molar refractivity (Wildman–Crippen MR) is 90.5 cm³/mol. The molecular weight excluding hydrogens is 306 g/mol. The molecule has 4 unspecified atom stereocenters. The highest BCUT2D eigenvalue weighted by atomic mass is 16.6. The Bertz CT molecular complexity index is 637. The number of nitro benzene ring substituents is 1. The molecule has 0 spiro atoms. The van der Waals surface area contributed by atoms with Crippen molar-refractivity contribution in [3.63, 3.8) is 0 Å². The van der Waals surface area contributed by atoms with E-state index in [-0.39, 0.29) is 16.6 Å². The molecule has 5 nitrogen and oxygen atoms in total. The van der Waals surface area contributed by atoms with Gasteiger partial charge in [0.05, 0.1) is 11.5 Å². The first-order valence-electron chi connectivity index (χ1n) is 8.68. The first-order valence-corrected chi connectivity index (χ1v) is 8.68. The van der Waals surface area contributed by atoms with E-state index in [9.17, 15) is 14.9 Å². The number of ether oxygens (including phenoxy) is 1. The van der Waals surface area contributed by atoms with Crippen molar-refractivity contribution >= 4 is 11.7 Å². The van der Waals surface area contributed by atoms with Gasteiger partial charge in [-0.3, -0.25) is 14.9 Å². The Labute approximate surface area is 141 Å². The molecule has 0 aliphatic heterocycles. The lowest BCUT2D eigenvalue weighted by atomic mass is 9.76. The molecule has 1 aromatic carbocycles. The molecule has 24 heavy (non-hydrogen) atoms. The second-order valence-electron chi connectivity index (χ2n) is 6.68. The number of fused-ring (bicyclic) bond motifs is 2. The van der Waals surface area contributed by atoms with Crippen molar-refractivity contribution in [1.29, 1.82) is 0 Å². The summed E-state index contributed by atoms with van der Waals surface area (Å²) in [7, 11) is 0. The van der Waals surface area contributed by atoms with E-state index < -0.39 is 0 Å². The zero-order valence-corrected chi connectivity index (χ0v) is 13.9. The maximum atomic E-state index is 11.5. The van der Waals surface area contributed by atoms with Crippen molar-refractivity contribution in [1.82, 2.24) is 0 Å². The molecule has 1 aromatic rings. The highest BCUT2D eigenvalue weighted by Crippen LogP contribution is 2.54. The second kappa shape index (κ2) is 7.16. The fourth-order valence-electron chi connectivity index (χ4n) is 4.35. The lowest BCUT2D eigenvalue weighted by molar-refractivity contribution is -0.384. The summed E-state index contributed by atoms with van der Waals surface area (Å²) in [5, 5.41) is 10.8. The van der Waals surface area contributed by atoms with Crippen molar-refractivity contribution in [3.05, 3.63) is 52.1 Å². The Kier molecular flexibility index (Phi) is 4.97. The molecule has 0 N–H and O–H groups in total. The number of esters is 1. The number of benzene rings is 1. The number of nitro groups is 1. The molecule has 0 aromatic heterocycles. The fourth-order valence-corrected chi connectivity index (χ4v) is 4.35. The molecule has 0 heterocycles. The minimum absolute atomic E-state index is 0.122. The molecule has 2 bridgehead atoms. The van der Waals surface area contributed by atoms with Crippen LogP contribution in [-0.2, 0) is 9.53 Å². The highest BCUT2D eigenvalue weighted by molar-refractivity contribution is 5.69. The smallest absolute Gasteiger partial charge is 0.305 e. The van der Waals surface area contributed by atoms with E-state index >= 15 is 0 Å². The largest absolute Gasteiger partial charge is 0.466 e. The quantitative estimate of drug-likeness (QED) is 0.325. The van der Waals surface area contributed by atoms with Crippen LogP contribution in [0.4, 0.5) is 5.69 Å². The summed E-state index contributed by atoms with van der Waals surface area (Å²) in [5.41, 5.74) is 1.31. The summed E-state index contributed by atoms with van der Waals surface area (Å²) in [5.74, 6) is 1.88. The number of carbonyl (C=O) groups excluding carboxylic acids is 1. The lowest BCUT2D eigenvalue weighted by Crippen LogP contribution is -2.18. The molecule has 4 atom stereocenters. The number of non-ortho nitro benzene ring substituents is 1. The molecule has 0 radical (unpaired) electrons. The Morgan fingerprint density at radius 1 is 1.25 bits per heavy atom. The number of hydrogen-bond donors (Lipinski definition) is 0. The first kappa shape index (κ1) is 16.7. The van der Waals surface area contributed by atoms with Gasteiger partial charge in [0.2, 0.25) is 0 Å². The van der Waals surface area contributed by atoms with Gasteiger partial charge in [0.1, 0.15) is 0 Å². The zero-order chi connectivity index (χ0) is 17.1. The Balaban J connectivity index is 1.67. The molecule has 5 heteroatoms. The van der Waals surface area contributed by atoms with Crippen LogP contribution in [0.25, 0.3) is 0 Å². The minimum Gasteiger partial charge on any atom is -0.466 e. The summed E-state index contributed by atoms with van der Waals surface area (Å²) >= 11 is 0. The van der Waals surface area contributed by atoms with Gasteiger partial charge in [-0.25, -0.2) is 0 Å². The molecule has 1 saturated carbocycles. The van der Waals surface area contributed by atoms with Gasteiger partial charge >= 0.3 is 5.97 Å². The van der Waals surface area contributed by atoms with Crippen LogP contribution < -0.4 is 0 Å². The predicted octanol–water partition coefficient (Wildman–Crippen LogP) is 4.23. The van der Waals surface area contributed by atoms with Gasteiger partial charge in [-0.05, 0) is 55.4 Å². The number of carbonyl (C=O) groups is 1. The van der Waals surface area contributed by atoms with Gasteiger partial charge in [0.15, 0.2) is 0 Å². The first-order chi connectivity index (χ1) is 11.6. The number of hydrogen-bond acceptors (Lipinski definition) is 4. The van der Waals surface area contributed by atoms with Crippen LogP contribution in [0.15, 0.2) is 36.4 Å². The van der Waals surface area contributed by atoms with Gasteiger partial charge in [-0.2, -0.15) is 0 Å². The van der Waals surface area contributed by atoms with Crippen LogP contribution in [0.1, 0.15) is 44.1 Å². The van der Waals surface area contributed by atoms with Crippen LogP contribution >= 0.6 is 0 Å². The molecule has 0 amide bonds. The van der Waals surface area contributed by atoms with E-state index in [2.05, 4.69) is 12.2 Å². The van der Waals surface area contributed by atoms with E-state index in [0.717, 1.165) is 19.3 Å². The second-order valence-corrected chi connectivity index (χ2v) is 6.68. The topological polar surface area (TPSA) is 69.4 Å². The third-order valence-electron chi connectivity index (χ3n) is 5.33. The normalized spacial score (nSPS) is 27.4. The lowest BCUT2D eigenvalue weighted by Gasteiger charge is -2.28.